The smallest absolute Gasteiger partial charge is 1.00 e. The minimum Gasteiger partial charge on any atom is -1.00 e. The van der Waals surface area contributed by atoms with E-state index in [2.05, 4.69) is 20.2 Å². The summed E-state index contributed by atoms with van der Waals surface area (Å²) < 4.78 is 4.06. The molecule has 3 heteroatoms. The normalized spacial score (nSPS) is 4.25. The molecule has 0 radical (unpaired) electrons. The summed E-state index contributed by atoms with van der Waals surface area (Å²) in [6.07, 6.45) is 0. The molecule has 0 unspecified atom stereocenters. The maximum absolute atomic E-state index is 4.06. The summed E-state index contributed by atoms with van der Waals surface area (Å²) in [5.74, 6) is 0. The van der Waals surface area contributed by atoms with Gasteiger partial charge in [-0.1, -0.05) is 0 Å². The first-order valence-electron chi connectivity index (χ1n) is 0.563. The molecule has 0 aromatic heterocycles. The van der Waals surface area contributed by atoms with Crippen LogP contribution >= 0.6 is 0 Å². The van der Waals surface area contributed by atoms with Crippen LogP contribution < -0.4 is 12.4 Å². The molecule has 0 amide bonds. The number of hydrogen-bond acceptors (Lipinski definition) is 1. The fourth-order valence-electron chi connectivity index (χ4n) is 0. The van der Waals surface area contributed by atoms with Gasteiger partial charge in [-0.2, -0.15) is 0 Å². The van der Waals surface area contributed by atoms with Crippen molar-refractivity contribution in [1.29, 1.82) is 0 Å². The largest absolute Gasteiger partial charge is 1.00 e. The Morgan fingerprint density at radius 2 is 1.75 bits per heavy atom. The molecule has 0 saturated carbocycles. The molecule has 0 aliphatic rings. The van der Waals surface area contributed by atoms with Crippen molar-refractivity contribution in [3.63, 3.8) is 0 Å². The predicted molar refractivity (Wildman–Crippen MR) is 7.01 cm³/mol. The van der Waals surface area contributed by atoms with Crippen molar-refractivity contribution in [3.8, 4) is 0 Å². The molecule has 0 aliphatic carbocycles. The molecule has 0 fully saturated rings. The van der Waals surface area contributed by atoms with Crippen LogP contribution in [0.25, 0.3) is 0 Å². The van der Waals surface area contributed by atoms with Crippen LogP contribution in [0.4, 0.5) is 0 Å². The molecule has 0 heterocycles. The van der Waals surface area contributed by atoms with Gasteiger partial charge in [-0.25, -0.2) is 0 Å². The second-order valence-electron chi connectivity index (χ2n) is 0.154. The minimum absolute atomic E-state index is 0. The monoisotopic (exact) mass is 121 g/mol. The number of rotatable bonds is 0. The van der Waals surface area contributed by atoms with Crippen molar-refractivity contribution in [3.05, 3.63) is 0 Å². The van der Waals surface area contributed by atoms with E-state index in [-0.39, 0.29) is 12.4 Å². The van der Waals surface area contributed by atoms with Crippen LogP contribution in [-0.4, -0.2) is 7.11 Å². The predicted octanol–water partition coefficient (Wildman–Crippen LogP) is -2.90. The molecule has 0 rings (SSSR count). The first-order valence-corrected chi connectivity index (χ1v) is 1.04. The average molecular weight is 121 g/mol. The van der Waals surface area contributed by atoms with E-state index in [1.807, 2.05) is 0 Å². The average Bonchev–Trinajstić information content (AvgIpc) is 0.918. The molecule has 0 atom stereocenters. The van der Waals surface area contributed by atoms with Crippen LogP contribution in [0, 0.1) is 0 Å². The van der Waals surface area contributed by atoms with Gasteiger partial charge in [0.05, 0.1) is 0 Å². The Morgan fingerprint density at radius 1 is 1.75 bits per heavy atom. The Bertz CT molecular complexity index is 8.00. The van der Waals surface area contributed by atoms with E-state index in [9.17, 15) is 0 Å². The molecular weight excluding hydrogens is 118 g/mol. The molecule has 0 spiro atoms. The van der Waals surface area contributed by atoms with E-state index in [1.165, 1.54) is 0 Å². The minimum atomic E-state index is 0. The van der Waals surface area contributed by atoms with Gasteiger partial charge in [0.15, 0.2) is 0 Å². The summed E-state index contributed by atoms with van der Waals surface area (Å²) in [5, 5.41) is 0. The van der Waals surface area contributed by atoms with Crippen LogP contribution in [0.3, 0.4) is 0 Å². The van der Waals surface area contributed by atoms with Gasteiger partial charge in [-0.3, -0.25) is 0 Å². The Balaban J connectivity index is 0. The van der Waals surface area contributed by atoms with Gasteiger partial charge in [-0.15, -0.1) is 0 Å². The first kappa shape index (κ1) is 8.84. The van der Waals surface area contributed by atoms with Crippen molar-refractivity contribution in [2.45, 2.75) is 0 Å². The maximum atomic E-state index is 4.06. The third-order valence-corrected chi connectivity index (χ3v) is 0. The molecule has 0 saturated heterocycles. The summed E-state index contributed by atoms with van der Waals surface area (Å²) in [5.41, 5.74) is 0. The number of halogens is 1. The first-order chi connectivity index (χ1) is 1.41. The van der Waals surface area contributed by atoms with Crippen LogP contribution in [0.2, 0.25) is 0 Å². The van der Waals surface area contributed by atoms with E-state index in [0.29, 0.717) is 0 Å². The van der Waals surface area contributed by atoms with Gasteiger partial charge in [0, 0.05) is 0 Å². The zero-order valence-electron chi connectivity index (χ0n) is 2.16. The van der Waals surface area contributed by atoms with Crippen molar-refractivity contribution in [2.75, 3.05) is 7.11 Å². The van der Waals surface area contributed by atoms with E-state index in [4.69, 9.17) is 0 Å². The Kier molecular flexibility index (Phi) is 20.4. The van der Waals surface area contributed by atoms with Gasteiger partial charge in [-0.05, 0) is 0 Å². The van der Waals surface area contributed by atoms with Crippen molar-refractivity contribution in [1.82, 2.24) is 0 Å². The SMILES string of the molecule is C[O][Mn+].[Cl-]. The van der Waals surface area contributed by atoms with Gasteiger partial charge >= 0.3 is 27.3 Å². The molecule has 0 bridgehead atoms. The maximum Gasteiger partial charge on any atom is -1.00 e. The van der Waals surface area contributed by atoms with E-state index < -0.39 is 0 Å². The summed E-state index contributed by atoms with van der Waals surface area (Å²) in [4.78, 5) is 0. The molecule has 1 nitrogen and oxygen atoms in total. The fourth-order valence-corrected chi connectivity index (χ4v) is 0. The molecule has 0 aromatic carbocycles. The topological polar surface area (TPSA) is 9.23 Å². The third-order valence-electron chi connectivity index (χ3n) is 0. The molecule has 4 heavy (non-hydrogen) atoms. The van der Waals surface area contributed by atoms with Crippen LogP contribution in [0.15, 0.2) is 0 Å². The summed E-state index contributed by atoms with van der Waals surface area (Å²) in [6.45, 7) is 0. The van der Waals surface area contributed by atoms with E-state index in [0.717, 1.165) is 0 Å². The van der Waals surface area contributed by atoms with E-state index in [1.54, 1.807) is 7.11 Å². The van der Waals surface area contributed by atoms with Crippen molar-refractivity contribution in [2.24, 2.45) is 0 Å². The summed E-state index contributed by atoms with van der Waals surface area (Å²) in [6, 6.07) is 0. The van der Waals surface area contributed by atoms with Gasteiger partial charge in [0.2, 0.25) is 0 Å². The molecular formula is CH3ClMnO. The number of hydrogen-bond donors (Lipinski definition) is 0. The van der Waals surface area contributed by atoms with Crippen molar-refractivity contribution >= 4 is 0 Å². The van der Waals surface area contributed by atoms with Crippen LogP contribution in [0.1, 0.15) is 0 Å². The second kappa shape index (κ2) is 9.23. The summed E-state index contributed by atoms with van der Waals surface area (Å²) in [7, 11) is 1.54. The fraction of sp³-hybridized carbons (Fsp3) is 1.00. The zero-order valence-corrected chi connectivity index (χ0v) is 4.10. The third kappa shape index (κ3) is 14.6. The zero-order chi connectivity index (χ0) is 2.71. The summed E-state index contributed by atoms with van der Waals surface area (Å²) >= 11 is 2.65. The van der Waals surface area contributed by atoms with Gasteiger partial charge < -0.3 is 12.4 Å². The van der Waals surface area contributed by atoms with E-state index >= 15 is 0 Å². The Morgan fingerprint density at radius 3 is 1.75 bits per heavy atom. The van der Waals surface area contributed by atoms with Crippen molar-refractivity contribution < 1.29 is 32.6 Å². The van der Waals surface area contributed by atoms with Gasteiger partial charge in [0.25, 0.3) is 0 Å². The Labute approximate surface area is 40.3 Å². The van der Waals surface area contributed by atoms with Gasteiger partial charge in [0.1, 0.15) is 0 Å². The molecule has 0 N–H and O–H groups in total. The molecule has 27 valence electrons. The van der Waals surface area contributed by atoms with Crippen LogP contribution in [-0.2, 0) is 20.2 Å². The molecule has 0 aliphatic heterocycles. The molecule has 0 aromatic rings. The Hall–Kier alpha value is 0.769. The second-order valence-corrected chi connectivity index (χ2v) is 0.636. The standard InChI is InChI=1S/CH3O.ClH.Mn/c1-2;;/h1H3;1H;/q-1;;+2/p-1. The quantitative estimate of drug-likeness (QED) is 0.313. The van der Waals surface area contributed by atoms with Crippen LogP contribution in [0.5, 0.6) is 0 Å².